The smallest absolute Gasteiger partial charge is 0.135 e. The fourth-order valence-corrected chi connectivity index (χ4v) is 8.85. The van der Waals surface area contributed by atoms with Gasteiger partial charge in [-0.05, 0) is 107 Å². The molecule has 2 aromatic heterocycles. The van der Waals surface area contributed by atoms with E-state index in [-0.39, 0.29) is 5.41 Å². The van der Waals surface area contributed by atoms with Gasteiger partial charge in [0.05, 0.1) is 0 Å². The van der Waals surface area contributed by atoms with Crippen LogP contribution in [0.3, 0.4) is 0 Å². The van der Waals surface area contributed by atoms with Crippen molar-refractivity contribution in [2.45, 2.75) is 12.3 Å². The molecule has 2 heterocycles. The van der Waals surface area contributed by atoms with Crippen molar-refractivity contribution in [1.29, 1.82) is 0 Å². The number of nitrogens with zero attached hydrogens (tertiary/aromatic N) is 1. The standard InChI is InChI=1S/C50H33NO2/c1-50(42-17-8-5-14-37(42)38-15-6-9-18-43(38)50)44-19-11-21-48-49(44)41-31-36(27-29-47(41)53-48)51(34-24-22-33(23-25-34)32-12-3-2-4-13-32)35-26-28-46-40(30-35)39-16-7-10-20-45(39)52-46/h2-31H,1H3. The Balaban J connectivity index is 1.14. The monoisotopic (exact) mass is 679 g/mol. The van der Waals surface area contributed by atoms with Crippen LogP contribution in [0.1, 0.15) is 23.6 Å². The minimum Gasteiger partial charge on any atom is -0.456 e. The Morgan fingerprint density at radius 1 is 0.377 bits per heavy atom. The molecule has 53 heavy (non-hydrogen) atoms. The molecule has 0 unspecified atom stereocenters. The quantitative estimate of drug-likeness (QED) is 0.181. The molecule has 0 atom stereocenters. The second-order valence-corrected chi connectivity index (χ2v) is 14.2. The summed E-state index contributed by atoms with van der Waals surface area (Å²) in [6.07, 6.45) is 0. The lowest BCUT2D eigenvalue weighted by molar-refractivity contribution is 0.666. The molecule has 1 aliphatic rings. The van der Waals surface area contributed by atoms with Crippen LogP contribution in [0.25, 0.3) is 66.1 Å². The topological polar surface area (TPSA) is 29.5 Å². The van der Waals surface area contributed by atoms with Gasteiger partial charge in [-0.15, -0.1) is 0 Å². The number of hydrogen-bond acceptors (Lipinski definition) is 3. The van der Waals surface area contributed by atoms with Crippen molar-refractivity contribution >= 4 is 60.9 Å². The largest absolute Gasteiger partial charge is 0.456 e. The van der Waals surface area contributed by atoms with E-state index in [9.17, 15) is 0 Å². The SMILES string of the molecule is CC1(c2cccc3oc4ccc(N(c5ccc(-c6ccccc6)cc5)c5ccc6oc7ccccc7c6c5)cc4c23)c2ccccc2-c2ccccc21. The summed E-state index contributed by atoms with van der Waals surface area (Å²) in [6.45, 7) is 2.38. The highest BCUT2D eigenvalue weighted by Gasteiger charge is 2.42. The molecule has 0 saturated heterocycles. The summed E-state index contributed by atoms with van der Waals surface area (Å²) in [4.78, 5) is 2.35. The van der Waals surface area contributed by atoms with E-state index in [1.807, 2.05) is 12.1 Å². The van der Waals surface area contributed by atoms with Crippen molar-refractivity contribution in [3.63, 3.8) is 0 Å². The molecule has 1 aliphatic carbocycles. The summed E-state index contributed by atoms with van der Waals surface area (Å²) in [5.74, 6) is 0. The summed E-state index contributed by atoms with van der Waals surface area (Å²) in [7, 11) is 0. The van der Waals surface area contributed by atoms with Crippen molar-refractivity contribution < 1.29 is 8.83 Å². The third-order valence-corrected chi connectivity index (χ3v) is 11.3. The molecule has 8 aromatic carbocycles. The van der Waals surface area contributed by atoms with Crippen LogP contribution in [0.15, 0.2) is 191 Å². The van der Waals surface area contributed by atoms with Gasteiger partial charge in [-0.3, -0.25) is 0 Å². The van der Waals surface area contributed by atoms with Gasteiger partial charge in [0.15, 0.2) is 0 Å². The van der Waals surface area contributed by atoms with Gasteiger partial charge >= 0.3 is 0 Å². The zero-order valence-electron chi connectivity index (χ0n) is 29.1. The molecule has 250 valence electrons. The second-order valence-electron chi connectivity index (χ2n) is 14.2. The summed E-state index contributed by atoms with van der Waals surface area (Å²) in [5, 5.41) is 4.44. The maximum atomic E-state index is 6.65. The fraction of sp³-hybridized carbons (Fsp3) is 0.0400. The molecule has 0 fully saturated rings. The van der Waals surface area contributed by atoms with Crippen molar-refractivity contribution in [3.8, 4) is 22.3 Å². The molecule has 3 heteroatoms. The average Bonchev–Trinajstić information content (AvgIpc) is 3.87. The van der Waals surface area contributed by atoms with E-state index in [2.05, 4.69) is 182 Å². The van der Waals surface area contributed by atoms with Crippen LogP contribution in [0.5, 0.6) is 0 Å². The van der Waals surface area contributed by atoms with E-state index >= 15 is 0 Å². The highest BCUT2D eigenvalue weighted by Crippen LogP contribution is 2.54. The van der Waals surface area contributed by atoms with E-state index in [1.165, 1.54) is 38.9 Å². The maximum absolute atomic E-state index is 6.65. The number of rotatable bonds is 5. The van der Waals surface area contributed by atoms with Crippen LogP contribution in [0.4, 0.5) is 17.1 Å². The normalized spacial score (nSPS) is 13.2. The number of hydrogen-bond donors (Lipinski definition) is 0. The van der Waals surface area contributed by atoms with Crippen LogP contribution in [-0.2, 0) is 5.41 Å². The summed E-state index contributed by atoms with van der Waals surface area (Å²) < 4.78 is 12.9. The lowest BCUT2D eigenvalue weighted by atomic mass is 9.73. The van der Waals surface area contributed by atoms with E-state index < -0.39 is 0 Å². The Bertz CT molecular complexity index is 2980. The maximum Gasteiger partial charge on any atom is 0.135 e. The molecule has 10 aromatic rings. The summed E-state index contributed by atoms with van der Waals surface area (Å²) in [6, 6.07) is 65.0. The molecule has 3 nitrogen and oxygen atoms in total. The third kappa shape index (κ3) is 4.41. The number of furan rings is 2. The van der Waals surface area contributed by atoms with Gasteiger partial charge in [0.25, 0.3) is 0 Å². The van der Waals surface area contributed by atoms with Gasteiger partial charge in [-0.2, -0.15) is 0 Å². The zero-order chi connectivity index (χ0) is 35.1. The minimum absolute atomic E-state index is 0.361. The zero-order valence-corrected chi connectivity index (χ0v) is 29.1. The van der Waals surface area contributed by atoms with Gasteiger partial charge in [0.2, 0.25) is 0 Å². The van der Waals surface area contributed by atoms with E-state index in [0.717, 1.165) is 60.9 Å². The van der Waals surface area contributed by atoms with Crippen LogP contribution < -0.4 is 4.90 Å². The number of benzene rings is 8. The van der Waals surface area contributed by atoms with Gasteiger partial charge in [-0.25, -0.2) is 0 Å². The van der Waals surface area contributed by atoms with Crippen molar-refractivity contribution in [2.24, 2.45) is 0 Å². The molecular formula is C50H33NO2. The number of fused-ring (bicyclic) bond motifs is 9. The van der Waals surface area contributed by atoms with Gasteiger partial charge in [-0.1, -0.05) is 121 Å². The Morgan fingerprint density at radius 2 is 0.887 bits per heavy atom. The van der Waals surface area contributed by atoms with Crippen LogP contribution in [0, 0.1) is 0 Å². The molecular weight excluding hydrogens is 647 g/mol. The van der Waals surface area contributed by atoms with Crippen LogP contribution in [0.2, 0.25) is 0 Å². The molecule has 0 amide bonds. The van der Waals surface area contributed by atoms with E-state index in [0.29, 0.717) is 0 Å². The van der Waals surface area contributed by atoms with Crippen LogP contribution in [-0.4, -0.2) is 0 Å². The minimum atomic E-state index is -0.361. The Kier molecular flexibility index (Phi) is 6.38. The molecule has 11 rings (SSSR count). The second kappa shape index (κ2) is 11.3. The average molecular weight is 680 g/mol. The molecule has 0 aliphatic heterocycles. The first-order valence-corrected chi connectivity index (χ1v) is 18.2. The predicted octanol–water partition coefficient (Wildman–Crippen LogP) is 14.0. The lowest BCUT2D eigenvalue weighted by Crippen LogP contribution is -2.22. The van der Waals surface area contributed by atoms with Crippen molar-refractivity contribution in [2.75, 3.05) is 4.90 Å². The van der Waals surface area contributed by atoms with E-state index in [1.54, 1.807) is 0 Å². The van der Waals surface area contributed by atoms with Crippen LogP contribution >= 0.6 is 0 Å². The van der Waals surface area contributed by atoms with Gasteiger partial charge < -0.3 is 13.7 Å². The Labute approximate surface area is 307 Å². The summed E-state index contributed by atoms with van der Waals surface area (Å²) in [5.41, 5.74) is 15.2. The molecule has 0 bridgehead atoms. The third-order valence-electron chi connectivity index (χ3n) is 11.3. The first-order valence-electron chi connectivity index (χ1n) is 18.2. The highest BCUT2D eigenvalue weighted by molar-refractivity contribution is 6.10. The molecule has 0 spiro atoms. The Morgan fingerprint density at radius 3 is 1.62 bits per heavy atom. The highest BCUT2D eigenvalue weighted by atomic mass is 16.3. The number of anilines is 3. The first kappa shape index (κ1) is 29.8. The Hall–Kier alpha value is -6.84. The number of para-hydroxylation sites is 1. The van der Waals surface area contributed by atoms with Gasteiger partial charge in [0, 0.05) is 44.0 Å². The molecule has 0 radical (unpaired) electrons. The summed E-state index contributed by atoms with van der Waals surface area (Å²) >= 11 is 0. The predicted molar refractivity (Wildman–Crippen MR) is 219 cm³/mol. The van der Waals surface area contributed by atoms with Gasteiger partial charge in [0.1, 0.15) is 22.3 Å². The van der Waals surface area contributed by atoms with E-state index in [4.69, 9.17) is 8.83 Å². The molecule has 0 N–H and O–H groups in total. The van der Waals surface area contributed by atoms with Crippen molar-refractivity contribution in [3.05, 3.63) is 199 Å². The van der Waals surface area contributed by atoms with Crippen molar-refractivity contribution in [1.82, 2.24) is 0 Å². The lowest BCUT2D eigenvalue weighted by Gasteiger charge is -2.29. The first-order chi connectivity index (χ1) is 26.1. The fourth-order valence-electron chi connectivity index (χ4n) is 8.85. The molecule has 0 saturated carbocycles.